The molecule has 0 bridgehead atoms. The van der Waals surface area contributed by atoms with Gasteiger partial charge in [0.05, 0.1) is 5.71 Å². The van der Waals surface area contributed by atoms with E-state index in [1.165, 1.54) is 10.8 Å². The fourth-order valence-corrected chi connectivity index (χ4v) is 1.77. The van der Waals surface area contributed by atoms with E-state index in [2.05, 4.69) is 29.4 Å². The van der Waals surface area contributed by atoms with Crippen molar-refractivity contribution < 1.29 is 4.84 Å². The fourth-order valence-electron chi connectivity index (χ4n) is 1.77. The lowest BCUT2D eigenvalue weighted by Gasteiger charge is -2.07. The van der Waals surface area contributed by atoms with Crippen molar-refractivity contribution in [1.29, 1.82) is 0 Å². The predicted octanol–water partition coefficient (Wildman–Crippen LogP) is 3.99. The molecule has 0 aliphatic heterocycles. The van der Waals surface area contributed by atoms with E-state index in [-0.39, 0.29) is 6.10 Å². The minimum absolute atomic E-state index is 0.111. The Bertz CT molecular complexity index is 538. The van der Waals surface area contributed by atoms with Gasteiger partial charge in [-0.3, -0.25) is 0 Å². The Morgan fingerprint density at radius 3 is 2.53 bits per heavy atom. The van der Waals surface area contributed by atoms with Gasteiger partial charge in [-0.2, -0.15) is 0 Å². The summed E-state index contributed by atoms with van der Waals surface area (Å²) >= 11 is 0. The number of fused-ring (bicyclic) bond motifs is 1. The first-order chi connectivity index (χ1) is 8.18. The number of nitrogens with zero attached hydrogens (tertiary/aromatic N) is 1. The van der Waals surface area contributed by atoms with E-state index >= 15 is 0 Å². The average Bonchev–Trinajstić information content (AvgIpc) is 2.35. The van der Waals surface area contributed by atoms with Gasteiger partial charge < -0.3 is 4.84 Å². The van der Waals surface area contributed by atoms with E-state index in [0.29, 0.717) is 0 Å². The lowest BCUT2D eigenvalue weighted by atomic mass is 10.0. The van der Waals surface area contributed by atoms with Gasteiger partial charge in [0.25, 0.3) is 0 Å². The van der Waals surface area contributed by atoms with Crippen molar-refractivity contribution in [2.45, 2.75) is 26.9 Å². The standard InChI is InChI=1S/C15H17NO/c1-11(2)17-16-12(3)14-10-6-8-13-7-4-5-9-15(13)14/h4-11H,1-3H3. The molecule has 0 spiro atoms. The maximum absolute atomic E-state index is 5.29. The molecule has 2 aromatic rings. The summed E-state index contributed by atoms with van der Waals surface area (Å²) in [5.41, 5.74) is 2.04. The third kappa shape index (κ3) is 2.64. The van der Waals surface area contributed by atoms with Crippen molar-refractivity contribution in [3.05, 3.63) is 48.0 Å². The van der Waals surface area contributed by atoms with Gasteiger partial charge in [0.2, 0.25) is 0 Å². The van der Waals surface area contributed by atoms with Gasteiger partial charge in [-0.25, -0.2) is 0 Å². The first-order valence-corrected chi connectivity index (χ1v) is 5.87. The maximum atomic E-state index is 5.29. The Hall–Kier alpha value is -1.83. The molecule has 2 rings (SSSR count). The van der Waals surface area contributed by atoms with Crippen LogP contribution >= 0.6 is 0 Å². The number of oxime groups is 1. The summed E-state index contributed by atoms with van der Waals surface area (Å²) in [7, 11) is 0. The number of hydrogen-bond donors (Lipinski definition) is 0. The molecule has 0 atom stereocenters. The Balaban J connectivity index is 2.45. The van der Waals surface area contributed by atoms with Gasteiger partial charge in [0, 0.05) is 5.56 Å². The maximum Gasteiger partial charge on any atom is 0.122 e. The monoisotopic (exact) mass is 227 g/mol. The summed E-state index contributed by atoms with van der Waals surface area (Å²) in [6.07, 6.45) is 0.111. The van der Waals surface area contributed by atoms with Gasteiger partial charge in [-0.1, -0.05) is 47.6 Å². The molecule has 2 nitrogen and oxygen atoms in total. The molecule has 0 aliphatic carbocycles. The summed E-state index contributed by atoms with van der Waals surface area (Å²) in [5, 5.41) is 6.60. The van der Waals surface area contributed by atoms with Gasteiger partial charge >= 0.3 is 0 Å². The van der Waals surface area contributed by atoms with Crippen molar-refractivity contribution >= 4 is 16.5 Å². The number of rotatable bonds is 3. The molecule has 0 radical (unpaired) electrons. The number of hydrogen-bond acceptors (Lipinski definition) is 2. The van der Waals surface area contributed by atoms with Crippen LogP contribution in [0.5, 0.6) is 0 Å². The molecule has 0 amide bonds. The van der Waals surface area contributed by atoms with Crippen molar-refractivity contribution in [2.24, 2.45) is 5.16 Å². The predicted molar refractivity (Wildman–Crippen MR) is 72.4 cm³/mol. The third-order valence-electron chi connectivity index (χ3n) is 2.58. The molecule has 2 heteroatoms. The second-order valence-corrected chi connectivity index (χ2v) is 4.36. The zero-order valence-corrected chi connectivity index (χ0v) is 10.5. The topological polar surface area (TPSA) is 21.6 Å². The minimum Gasteiger partial charge on any atom is -0.393 e. The van der Waals surface area contributed by atoms with Crippen LogP contribution in [0.1, 0.15) is 26.3 Å². The first-order valence-electron chi connectivity index (χ1n) is 5.87. The Morgan fingerprint density at radius 1 is 1.06 bits per heavy atom. The molecule has 88 valence electrons. The van der Waals surface area contributed by atoms with E-state index in [1.54, 1.807) is 0 Å². The Labute approximate surface area is 102 Å². The minimum atomic E-state index is 0.111. The zero-order valence-electron chi connectivity index (χ0n) is 10.5. The van der Waals surface area contributed by atoms with Crippen molar-refractivity contribution in [3.8, 4) is 0 Å². The molecular formula is C15H17NO. The van der Waals surface area contributed by atoms with E-state index in [1.807, 2.05) is 39.0 Å². The second kappa shape index (κ2) is 5.00. The Morgan fingerprint density at radius 2 is 1.76 bits per heavy atom. The average molecular weight is 227 g/mol. The molecule has 0 N–H and O–H groups in total. The first kappa shape index (κ1) is 11.6. The molecule has 0 saturated heterocycles. The van der Waals surface area contributed by atoms with Crippen LogP contribution in [0, 0.1) is 0 Å². The molecule has 0 aromatic heterocycles. The Kier molecular flexibility index (Phi) is 3.43. The highest BCUT2D eigenvalue weighted by Crippen LogP contribution is 2.19. The fraction of sp³-hybridized carbons (Fsp3) is 0.267. The van der Waals surface area contributed by atoms with Gasteiger partial charge in [0.15, 0.2) is 0 Å². The van der Waals surface area contributed by atoms with E-state index in [0.717, 1.165) is 11.3 Å². The van der Waals surface area contributed by atoms with E-state index < -0.39 is 0 Å². The SMILES string of the molecule is CC(=NOC(C)C)c1cccc2ccccc12. The smallest absolute Gasteiger partial charge is 0.122 e. The molecule has 2 aromatic carbocycles. The highest BCUT2D eigenvalue weighted by Gasteiger charge is 2.04. The molecule has 0 aliphatic rings. The van der Waals surface area contributed by atoms with Crippen LogP contribution < -0.4 is 0 Å². The van der Waals surface area contributed by atoms with Crippen LogP contribution in [0.3, 0.4) is 0 Å². The normalized spacial score (nSPS) is 12.1. The molecule has 0 unspecified atom stereocenters. The molecular weight excluding hydrogens is 210 g/mol. The largest absolute Gasteiger partial charge is 0.393 e. The van der Waals surface area contributed by atoms with E-state index in [9.17, 15) is 0 Å². The van der Waals surface area contributed by atoms with Gasteiger partial charge in [0.1, 0.15) is 6.10 Å². The second-order valence-electron chi connectivity index (χ2n) is 4.36. The third-order valence-corrected chi connectivity index (χ3v) is 2.58. The van der Waals surface area contributed by atoms with Crippen LogP contribution in [0.15, 0.2) is 47.6 Å². The van der Waals surface area contributed by atoms with Gasteiger partial charge in [-0.05, 0) is 31.5 Å². The molecule has 17 heavy (non-hydrogen) atoms. The van der Waals surface area contributed by atoms with Crippen molar-refractivity contribution in [1.82, 2.24) is 0 Å². The van der Waals surface area contributed by atoms with E-state index in [4.69, 9.17) is 4.84 Å². The van der Waals surface area contributed by atoms with Crippen LogP contribution in [-0.2, 0) is 4.84 Å². The highest BCUT2D eigenvalue weighted by molar-refractivity contribution is 6.09. The summed E-state index contributed by atoms with van der Waals surface area (Å²) in [6.45, 7) is 5.92. The summed E-state index contributed by atoms with van der Waals surface area (Å²) in [4.78, 5) is 5.29. The van der Waals surface area contributed by atoms with Crippen molar-refractivity contribution in [2.75, 3.05) is 0 Å². The lowest BCUT2D eigenvalue weighted by molar-refractivity contribution is 0.0860. The highest BCUT2D eigenvalue weighted by atomic mass is 16.6. The quantitative estimate of drug-likeness (QED) is 0.574. The summed E-state index contributed by atoms with van der Waals surface area (Å²) in [5.74, 6) is 0. The van der Waals surface area contributed by atoms with Crippen LogP contribution in [0.25, 0.3) is 10.8 Å². The molecule has 0 heterocycles. The zero-order chi connectivity index (χ0) is 12.3. The van der Waals surface area contributed by atoms with Crippen LogP contribution in [0.2, 0.25) is 0 Å². The van der Waals surface area contributed by atoms with Crippen LogP contribution in [-0.4, -0.2) is 11.8 Å². The summed E-state index contributed by atoms with van der Waals surface area (Å²) < 4.78 is 0. The lowest BCUT2D eigenvalue weighted by Crippen LogP contribution is -2.02. The van der Waals surface area contributed by atoms with Crippen LogP contribution in [0.4, 0.5) is 0 Å². The van der Waals surface area contributed by atoms with Gasteiger partial charge in [-0.15, -0.1) is 0 Å². The van der Waals surface area contributed by atoms with Crippen molar-refractivity contribution in [3.63, 3.8) is 0 Å². The molecule has 0 fully saturated rings. The molecule has 0 saturated carbocycles. The summed E-state index contributed by atoms with van der Waals surface area (Å²) in [6, 6.07) is 14.5. The number of benzene rings is 2.